The first-order chi connectivity index (χ1) is 6.81. The van der Waals surface area contributed by atoms with E-state index < -0.39 is 0 Å². The van der Waals surface area contributed by atoms with Gasteiger partial charge < -0.3 is 0 Å². The van der Waals surface area contributed by atoms with E-state index in [1.165, 1.54) is 23.4 Å². The molecule has 0 amide bonds. The molecule has 1 aromatic carbocycles. The topological polar surface area (TPSA) is 30.7 Å². The van der Waals surface area contributed by atoms with Gasteiger partial charge in [-0.3, -0.25) is 0 Å². The fraction of sp³-hybridized carbons (Fsp3) is 0.111. The van der Waals surface area contributed by atoms with E-state index in [1.807, 2.05) is 0 Å². The van der Waals surface area contributed by atoms with Gasteiger partial charge in [0, 0.05) is 5.88 Å². The molecular weight excluding hydrogens is 205 g/mol. The van der Waals surface area contributed by atoms with Crippen molar-refractivity contribution in [2.24, 2.45) is 0 Å². The SMILES string of the molecule is Fc1cc(CCl)ccc1-n1cncn1. The third-order valence-corrected chi connectivity index (χ3v) is 2.14. The minimum atomic E-state index is -0.353. The molecule has 0 saturated carbocycles. The zero-order valence-corrected chi connectivity index (χ0v) is 7.95. The van der Waals surface area contributed by atoms with Crippen molar-refractivity contribution in [2.75, 3.05) is 0 Å². The Morgan fingerprint density at radius 3 is 2.86 bits per heavy atom. The summed E-state index contributed by atoms with van der Waals surface area (Å²) in [6.45, 7) is 0. The second-order valence-electron chi connectivity index (χ2n) is 2.76. The fourth-order valence-electron chi connectivity index (χ4n) is 1.15. The first-order valence-corrected chi connectivity index (χ1v) is 4.54. The van der Waals surface area contributed by atoms with Crippen LogP contribution in [0.3, 0.4) is 0 Å². The van der Waals surface area contributed by atoms with Crippen LogP contribution < -0.4 is 0 Å². The molecule has 0 aliphatic rings. The number of halogens is 2. The number of nitrogens with zero attached hydrogens (tertiary/aromatic N) is 3. The largest absolute Gasteiger partial charge is 0.223 e. The maximum atomic E-state index is 13.5. The van der Waals surface area contributed by atoms with E-state index in [4.69, 9.17) is 11.6 Å². The summed E-state index contributed by atoms with van der Waals surface area (Å²) in [5.74, 6) is -0.0529. The standard InChI is InChI=1S/C9H7ClFN3/c10-4-7-1-2-9(8(11)3-7)14-6-12-5-13-14/h1-3,5-6H,4H2. The van der Waals surface area contributed by atoms with Gasteiger partial charge in [0.05, 0.1) is 0 Å². The van der Waals surface area contributed by atoms with Crippen LogP contribution in [0.15, 0.2) is 30.9 Å². The zero-order chi connectivity index (χ0) is 9.97. The molecule has 0 aliphatic carbocycles. The molecule has 0 aliphatic heterocycles. The predicted molar refractivity (Wildman–Crippen MR) is 50.9 cm³/mol. The third kappa shape index (κ3) is 1.61. The van der Waals surface area contributed by atoms with E-state index in [0.29, 0.717) is 11.6 Å². The van der Waals surface area contributed by atoms with Crippen molar-refractivity contribution in [1.82, 2.24) is 14.8 Å². The monoisotopic (exact) mass is 211 g/mol. The molecule has 0 saturated heterocycles. The van der Waals surface area contributed by atoms with Crippen LogP contribution in [0.2, 0.25) is 0 Å². The van der Waals surface area contributed by atoms with E-state index in [0.717, 1.165) is 5.56 Å². The van der Waals surface area contributed by atoms with Gasteiger partial charge in [0.25, 0.3) is 0 Å². The average molecular weight is 212 g/mol. The van der Waals surface area contributed by atoms with Gasteiger partial charge in [-0.1, -0.05) is 6.07 Å². The summed E-state index contributed by atoms with van der Waals surface area (Å²) in [6.07, 6.45) is 2.80. The van der Waals surface area contributed by atoms with Gasteiger partial charge in [-0.05, 0) is 17.7 Å². The van der Waals surface area contributed by atoms with Crippen molar-refractivity contribution >= 4 is 11.6 Å². The predicted octanol–water partition coefficient (Wildman–Crippen LogP) is 2.15. The Kier molecular flexibility index (Phi) is 2.45. The van der Waals surface area contributed by atoms with Crippen LogP contribution in [0, 0.1) is 5.82 Å². The van der Waals surface area contributed by atoms with Crippen molar-refractivity contribution < 1.29 is 4.39 Å². The molecule has 72 valence electrons. The van der Waals surface area contributed by atoms with Gasteiger partial charge in [0.2, 0.25) is 0 Å². The molecule has 0 bridgehead atoms. The van der Waals surface area contributed by atoms with Crippen molar-refractivity contribution in [3.8, 4) is 5.69 Å². The number of alkyl halides is 1. The Balaban J connectivity index is 2.46. The maximum Gasteiger partial charge on any atom is 0.149 e. The molecule has 0 spiro atoms. The third-order valence-electron chi connectivity index (χ3n) is 1.83. The van der Waals surface area contributed by atoms with Gasteiger partial charge in [-0.25, -0.2) is 14.1 Å². The molecule has 0 radical (unpaired) electrons. The molecule has 0 fully saturated rings. The van der Waals surface area contributed by atoms with Crippen LogP contribution in [0.5, 0.6) is 0 Å². The Morgan fingerprint density at radius 2 is 2.29 bits per heavy atom. The summed E-state index contributed by atoms with van der Waals surface area (Å²) in [4.78, 5) is 3.74. The van der Waals surface area contributed by atoms with Gasteiger partial charge in [0.15, 0.2) is 0 Å². The van der Waals surface area contributed by atoms with E-state index in [2.05, 4.69) is 10.1 Å². The molecule has 14 heavy (non-hydrogen) atoms. The number of rotatable bonds is 2. The van der Waals surface area contributed by atoms with E-state index >= 15 is 0 Å². The summed E-state index contributed by atoms with van der Waals surface area (Å²) in [7, 11) is 0. The number of hydrogen-bond donors (Lipinski definition) is 0. The van der Waals surface area contributed by atoms with Crippen LogP contribution in [0.25, 0.3) is 5.69 Å². The van der Waals surface area contributed by atoms with Gasteiger partial charge in [0.1, 0.15) is 24.2 Å². The molecule has 0 atom stereocenters. The van der Waals surface area contributed by atoms with Crippen LogP contribution in [-0.2, 0) is 5.88 Å². The normalized spacial score (nSPS) is 10.4. The van der Waals surface area contributed by atoms with E-state index in [9.17, 15) is 4.39 Å². The highest BCUT2D eigenvalue weighted by Gasteiger charge is 2.05. The molecule has 0 N–H and O–H groups in total. The fourth-order valence-corrected chi connectivity index (χ4v) is 1.32. The molecule has 2 rings (SSSR count). The summed E-state index contributed by atoms with van der Waals surface area (Å²) in [6, 6.07) is 4.78. The lowest BCUT2D eigenvalue weighted by atomic mass is 10.2. The quantitative estimate of drug-likeness (QED) is 0.713. The van der Waals surface area contributed by atoms with Gasteiger partial charge >= 0.3 is 0 Å². The highest BCUT2D eigenvalue weighted by Crippen LogP contribution is 2.14. The summed E-state index contributed by atoms with van der Waals surface area (Å²) in [5, 5.41) is 3.84. The molecular formula is C9H7ClFN3. The van der Waals surface area contributed by atoms with Crippen molar-refractivity contribution in [3.63, 3.8) is 0 Å². The molecule has 5 heteroatoms. The number of hydrogen-bond acceptors (Lipinski definition) is 2. The smallest absolute Gasteiger partial charge is 0.149 e. The first kappa shape index (κ1) is 9.15. The lowest BCUT2D eigenvalue weighted by Crippen LogP contribution is -1.98. The Morgan fingerprint density at radius 1 is 1.43 bits per heavy atom. The molecule has 3 nitrogen and oxygen atoms in total. The highest BCUT2D eigenvalue weighted by molar-refractivity contribution is 6.17. The molecule has 0 unspecified atom stereocenters. The Bertz CT molecular complexity index is 428. The van der Waals surface area contributed by atoms with E-state index in [1.54, 1.807) is 12.1 Å². The highest BCUT2D eigenvalue weighted by atomic mass is 35.5. The Labute approximate surface area is 85.1 Å². The maximum absolute atomic E-state index is 13.5. The number of aromatic nitrogens is 3. The van der Waals surface area contributed by atoms with Crippen LogP contribution in [0.4, 0.5) is 4.39 Å². The van der Waals surface area contributed by atoms with Gasteiger partial charge in [-0.15, -0.1) is 11.6 Å². The van der Waals surface area contributed by atoms with Crippen molar-refractivity contribution in [3.05, 3.63) is 42.2 Å². The lowest BCUT2D eigenvalue weighted by molar-refractivity contribution is 0.609. The summed E-state index contributed by atoms with van der Waals surface area (Å²) >= 11 is 5.57. The van der Waals surface area contributed by atoms with Gasteiger partial charge in [-0.2, -0.15) is 5.10 Å². The minimum absolute atomic E-state index is 0.300. The Hall–Kier alpha value is -1.42. The van der Waals surface area contributed by atoms with Crippen LogP contribution in [0.1, 0.15) is 5.56 Å². The first-order valence-electron chi connectivity index (χ1n) is 4.00. The molecule has 1 heterocycles. The van der Waals surface area contributed by atoms with Crippen molar-refractivity contribution in [2.45, 2.75) is 5.88 Å². The van der Waals surface area contributed by atoms with E-state index in [-0.39, 0.29) is 5.82 Å². The number of benzene rings is 1. The minimum Gasteiger partial charge on any atom is -0.223 e. The molecule has 2 aromatic rings. The second kappa shape index (κ2) is 3.75. The van der Waals surface area contributed by atoms with Crippen LogP contribution >= 0.6 is 11.6 Å². The second-order valence-corrected chi connectivity index (χ2v) is 3.03. The van der Waals surface area contributed by atoms with Crippen molar-refractivity contribution in [1.29, 1.82) is 0 Å². The summed E-state index contributed by atoms with van der Waals surface area (Å²) < 4.78 is 14.8. The average Bonchev–Trinajstić information content (AvgIpc) is 2.70. The zero-order valence-electron chi connectivity index (χ0n) is 7.19. The summed E-state index contributed by atoms with van der Waals surface area (Å²) in [5.41, 5.74) is 1.12. The van der Waals surface area contributed by atoms with Crippen LogP contribution in [-0.4, -0.2) is 14.8 Å². The lowest BCUT2D eigenvalue weighted by Gasteiger charge is -2.03. The molecule has 1 aromatic heterocycles.